The maximum absolute atomic E-state index is 12.4. The molecule has 0 unspecified atom stereocenters. The Morgan fingerprint density at radius 3 is 2.67 bits per heavy atom. The Hall–Kier alpha value is -1.78. The van der Waals surface area contributed by atoms with E-state index in [4.69, 9.17) is 0 Å². The first kappa shape index (κ1) is 9.76. The third-order valence-corrected chi connectivity index (χ3v) is 1.95. The molecule has 15 heavy (non-hydrogen) atoms. The fraction of sp³-hybridized carbons (Fsp3) is 0.100. The van der Waals surface area contributed by atoms with Gasteiger partial charge in [-0.05, 0) is 18.2 Å². The summed E-state index contributed by atoms with van der Waals surface area (Å²) < 4.78 is 37.1. The molecule has 1 N–H and O–H groups in total. The normalized spacial score (nSPS) is 11.7. The van der Waals surface area contributed by atoms with Crippen LogP contribution in [-0.4, -0.2) is 10.2 Å². The van der Waals surface area contributed by atoms with E-state index in [1.165, 1.54) is 12.1 Å². The lowest BCUT2D eigenvalue weighted by Crippen LogP contribution is -2.04. The average Bonchev–Trinajstić information content (AvgIpc) is 2.69. The van der Waals surface area contributed by atoms with Crippen LogP contribution in [0.2, 0.25) is 0 Å². The van der Waals surface area contributed by atoms with Gasteiger partial charge in [-0.25, -0.2) is 0 Å². The van der Waals surface area contributed by atoms with Gasteiger partial charge in [0.2, 0.25) is 0 Å². The minimum absolute atomic E-state index is 0.443. The summed E-state index contributed by atoms with van der Waals surface area (Å²) in [6.07, 6.45) is -1.82. The minimum Gasteiger partial charge on any atom is -0.277 e. The van der Waals surface area contributed by atoms with Crippen molar-refractivity contribution in [1.82, 2.24) is 10.2 Å². The van der Waals surface area contributed by atoms with Gasteiger partial charge in [0.25, 0.3) is 0 Å². The van der Waals surface area contributed by atoms with Crippen molar-refractivity contribution in [2.24, 2.45) is 0 Å². The predicted molar refractivity (Wildman–Crippen MR) is 47.9 cm³/mol. The zero-order valence-corrected chi connectivity index (χ0v) is 7.47. The van der Waals surface area contributed by atoms with Gasteiger partial charge in [-0.2, -0.15) is 18.3 Å². The molecule has 2 aromatic rings. The highest BCUT2D eigenvalue weighted by atomic mass is 19.4. The van der Waals surface area contributed by atoms with Crippen LogP contribution in [0.4, 0.5) is 13.2 Å². The summed E-state index contributed by atoms with van der Waals surface area (Å²) in [4.78, 5) is 0. The highest BCUT2D eigenvalue weighted by Crippen LogP contribution is 2.31. The molecule has 0 atom stereocenters. The monoisotopic (exact) mass is 211 g/mol. The van der Waals surface area contributed by atoms with E-state index in [1.54, 1.807) is 6.07 Å². The highest BCUT2D eigenvalue weighted by molar-refractivity contribution is 5.59. The molecule has 0 spiro atoms. The average molecular weight is 211 g/mol. The SMILES string of the molecule is FC(F)(F)c1cccc(-c2c[c]n[nH]2)c1. The second-order valence-corrected chi connectivity index (χ2v) is 2.99. The number of H-pyrrole nitrogens is 1. The second-order valence-electron chi connectivity index (χ2n) is 2.99. The molecule has 0 fully saturated rings. The van der Waals surface area contributed by atoms with Crippen molar-refractivity contribution in [2.75, 3.05) is 0 Å². The number of rotatable bonds is 1. The molecule has 0 amide bonds. The van der Waals surface area contributed by atoms with Crippen LogP contribution in [0.25, 0.3) is 11.3 Å². The van der Waals surface area contributed by atoms with E-state index >= 15 is 0 Å². The number of nitrogens with one attached hydrogen (secondary N) is 1. The molecule has 0 bridgehead atoms. The number of alkyl halides is 3. The standard InChI is InChI=1S/C10H6F3N2/c11-10(12,13)8-3-1-2-7(6-8)9-4-5-14-15-9/h1-4,6H,(H,14,15). The number of benzene rings is 1. The zero-order chi connectivity index (χ0) is 10.9. The Bertz CT molecular complexity index is 446. The molecule has 1 radical (unpaired) electrons. The van der Waals surface area contributed by atoms with E-state index in [2.05, 4.69) is 16.4 Å². The van der Waals surface area contributed by atoms with E-state index in [9.17, 15) is 13.2 Å². The summed E-state index contributed by atoms with van der Waals surface area (Å²) in [7, 11) is 0. The maximum Gasteiger partial charge on any atom is 0.416 e. The van der Waals surface area contributed by atoms with E-state index in [-0.39, 0.29) is 0 Å². The number of nitrogens with zero attached hydrogens (tertiary/aromatic N) is 1. The molecular weight excluding hydrogens is 205 g/mol. The summed E-state index contributed by atoms with van der Waals surface area (Å²) in [5, 5.41) is 6.12. The van der Waals surface area contributed by atoms with E-state index in [1.807, 2.05) is 0 Å². The number of aromatic amines is 1. The van der Waals surface area contributed by atoms with Crippen molar-refractivity contribution < 1.29 is 13.2 Å². The maximum atomic E-state index is 12.4. The summed E-state index contributed by atoms with van der Waals surface area (Å²) in [6.45, 7) is 0. The number of aromatic nitrogens is 2. The number of halogens is 3. The van der Waals surface area contributed by atoms with Crippen LogP contribution in [0.1, 0.15) is 5.56 Å². The molecule has 1 aromatic carbocycles. The quantitative estimate of drug-likeness (QED) is 0.771. The van der Waals surface area contributed by atoms with Crippen molar-refractivity contribution in [3.05, 3.63) is 42.1 Å². The third kappa shape index (κ3) is 2.01. The molecule has 0 aliphatic rings. The van der Waals surface area contributed by atoms with Gasteiger partial charge in [-0.15, -0.1) is 0 Å². The zero-order valence-electron chi connectivity index (χ0n) is 7.47. The smallest absolute Gasteiger partial charge is 0.277 e. The summed E-state index contributed by atoms with van der Waals surface area (Å²) in [5.74, 6) is 0. The molecule has 1 heterocycles. The largest absolute Gasteiger partial charge is 0.416 e. The van der Waals surface area contributed by atoms with E-state index in [0.29, 0.717) is 11.3 Å². The molecule has 0 aliphatic heterocycles. The van der Waals surface area contributed by atoms with Crippen molar-refractivity contribution in [3.8, 4) is 11.3 Å². The van der Waals surface area contributed by atoms with E-state index < -0.39 is 11.7 Å². The van der Waals surface area contributed by atoms with Crippen LogP contribution in [0.3, 0.4) is 0 Å². The fourth-order valence-electron chi connectivity index (χ4n) is 1.23. The van der Waals surface area contributed by atoms with Gasteiger partial charge < -0.3 is 0 Å². The van der Waals surface area contributed by atoms with Gasteiger partial charge in [0.1, 0.15) is 6.20 Å². The summed E-state index contributed by atoms with van der Waals surface area (Å²) in [6, 6.07) is 6.54. The topological polar surface area (TPSA) is 28.7 Å². The lowest BCUT2D eigenvalue weighted by Gasteiger charge is -2.07. The molecule has 77 valence electrons. The Morgan fingerprint density at radius 1 is 1.27 bits per heavy atom. The molecule has 0 saturated heterocycles. The van der Waals surface area contributed by atoms with Crippen LogP contribution in [0.5, 0.6) is 0 Å². The van der Waals surface area contributed by atoms with Gasteiger partial charge in [0.15, 0.2) is 0 Å². The Kier molecular flexibility index (Phi) is 2.22. The minimum atomic E-state index is -4.32. The molecule has 1 aromatic heterocycles. The lowest BCUT2D eigenvalue weighted by atomic mass is 10.1. The van der Waals surface area contributed by atoms with Gasteiger partial charge >= 0.3 is 6.18 Å². The first-order valence-electron chi connectivity index (χ1n) is 4.16. The molecule has 0 aliphatic carbocycles. The first-order chi connectivity index (χ1) is 7.07. The van der Waals surface area contributed by atoms with Crippen LogP contribution >= 0.6 is 0 Å². The Balaban J connectivity index is 2.44. The van der Waals surface area contributed by atoms with E-state index in [0.717, 1.165) is 12.1 Å². The van der Waals surface area contributed by atoms with Crippen molar-refractivity contribution in [1.29, 1.82) is 0 Å². The van der Waals surface area contributed by atoms with Crippen molar-refractivity contribution >= 4 is 0 Å². The summed E-state index contributed by atoms with van der Waals surface area (Å²) >= 11 is 0. The molecular formula is C10H6F3N2. The Labute approximate surface area is 83.7 Å². The number of hydrogen-bond acceptors (Lipinski definition) is 1. The summed E-state index contributed by atoms with van der Waals surface area (Å²) in [5.41, 5.74) is 0.286. The van der Waals surface area contributed by atoms with Gasteiger partial charge in [-0.3, -0.25) is 5.10 Å². The lowest BCUT2D eigenvalue weighted by molar-refractivity contribution is -0.137. The van der Waals surface area contributed by atoms with Crippen LogP contribution in [-0.2, 0) is 6.18 Å². The van der Waals surface area contributed by atoms with Gasteiger partial charge in [-0.1, -0.05) is 12.1 Å². The highest BCUT2D eigenvalue weighted by Gasteiger charge is 2.30. The van der Waals surface area contributed by atoms with Crippen LogP contribution in [0.15, 0.2) is 30.3 Å². The molecule has 5 heteroatoms. The first-order valence-corrected chi connectivity index (χ1v) is 4.16. The molecule has 2 nitrogen and oxygen atoms in total. The third-order valence-electron chi connectivity index (χ3n) is 1.95. The van der Waals surface area contributed by atoms with Gasteiger partial charge in [0.05, 0.1) is 11.3 Å². The molecule has 2 rings (SSSR count). The fourth-order valence-corrected chi connectivity index (χ4v) is 1.23. The Morgan fingerprint density at radius 2 is 2.07 bits per heavy atom. The second kappa shape index (κ2) is 3.42. The van der Waals surface area contributed by atoms with Gasteiger partial charge in [0, 0.05) is 5.56 Å². The van der Waals surface area contributed by atoms with Crippen LogP contribution in [0, 0.1) is 6.20 Å². The number of hydrogen-bond donors (Lipinski definition) is 1. The van der Waals surface area contributed by atoms with Crippen molar-refractivity contribution in [2.45, 2.75) is 6.18 Å². The molecule has 0 saturated carbocycles. The predicted octanol–water partition coefficient (Wildman–Crippen LogP) is 2.90. The van der Waals surface area contributed by atoms with Crippen molar-refractivity contribution in [3.63, 3.8) is 0 Å². The van der Waals surface area contributed by atoms with Crippen LogP contribution < -0.4 is 0 Å².